The highest BCUT2D eigenvalue weighted by molar-refractivity contribution is 7.89. The fraction of sp³-hybridized carbons (Fsp3) is 0.235. The molecule has 1 heterocycles. The van der Waals surface area contributed by atoms with Gasteiger partial charge in [0.05, 0.1) is 4.90 Å². The molecule has 0 saturated carbocycles. The van der Waals surface area contributed by atoms with E-state index < -0.39 is 10.0 Å². The summed E-state index contributed by atoms with van der Waals surface area (Å²) in [4.78, 5) is 2.30. The standard InChI is InChI=1S/C17H18ClN3O2S2/c18-14-6-8-15(9-7-14)19-17(24)20-10-12-21(13-11-20)25(22,23)16-4-2-1-3-5-16/h1-9H,10-13H2,(H,19,24). The summed E-state index contributed by atoms with van der Waals surface area (Å²) in [5.41, 5.74) is 0.855. The van der Waals surface area contributed by atoms with E-state index in [0.717, 1.165) is 5.69 Å². The van der Waals surface area contributed by atoms with Gasteiger partial charge in [-0.1, -0.05) is 29.8 Å². The van der Waals surface area contributed by atoms with Gasteiger partial charge in [0, 0.05) is 36.9 Å². The Morgan fingerprint density at radius 1 is 0.960 bits per heavy atom. The molecule has 0 aromatic heterocycles. The van der Waals surface area contributed by atoms with E-state index in [0.29, 0.717) is 41.2 Å². The minimum absolute atomic E-state index is 0.324. The van der Waals surface area contributed by atoms with Gasteiger partial charge in [0.2, 0.25) is 10.0 Å². The maximum atomic E-state index is 12.6. The van der Waals surface area contributed by atoms with Gasteiger partial charge >= 0.3 is 0 Å². The summed E-state index contributed by atoms with van der Waals surface area (Å²) in [5, 5.41) is 4.40. The first-order chi connectivity index (χ1) is 12.0. The van der Waals surface area contributed by atoms with Gasteiger partial charge in [-0.05, 0) is 48.6 Å². The zero-order valence-corrected chi connectivity index (χ0v) is 15.8. The predicted octanol–water partition coefficient (Wildman–Crippen LogP) is 3.04. The number of hydrogen-bond acceptors (Lipinski definition) is 3. The van der Waals surface area contributed by atoms with Crippen LogP contribution in [0.25, 0.3) is 0 Å². The highest BCUT2D eigenvalue weighted by Crippen LogP contribution is 2.18. The van der Waals surface area contributed by atoms with Crippen LogP contribution in [0.4, 0.5) is 5.69 Å². The van der Waals surface area contributed by atoms with Gasteiger partial charge in [-0.25, -0.2) is 8.42 Å². The minimum Gasteiger partial charge on any atom is -0.346 e. The quantitative estimate of drug-likeness (QED) is 0.809. The third-order valence-electron chi connectivity index (χ3n) is 4.00. The third-order valence-corrected chi connectivity index (χ3v) is 6.53. The van der Waals surface area contributed by atoms with Crippen LogP contribution >= 0.6 is 23.8 Å². The Kier molecular flexibility index (Phi) is 5.58. The molecule has 1 fully saturated rings. The number of benzene rings is 2. The SMILES string of the molecule is O=S(=O)(c1ccccc1)N1CCN(C(=S)Nc2ccc(Cl)cc2)CC1. The molecule has 25 heavy (non-hydrogen) atoms. The maximum absolute atomic E-state index is 12.6. The van der Waals surface area contributed by atoms with Gasteiger partial charge in [-0.3, -0.25) is 0 Å². The van der Waals surface area contributed by atoms with Gasteiger partial charge < -0.3 is 10.2 Å². The fourth-order valence-electron chi connectivity index (χ4n) is 2.61. The Balaban J connectivity index is 1.60. The Morgan fingerprint density at radius 2 is 1.56 bits per heavy atom. The summed E-state index contributed by atoms with van der Waals surface area (Å²) in [6.45, 7) is 1.90. The van der Waals surface area contributed by atoms with Crippen LogP contribution < -0.4 is 5.32 Å². The van der Waals surface area contributed by atoms with Crippen molar-refractivity contribution in [2.45, 2.75) is 4.90 Å². The number of nitrogens with zero attached hydrogens (tertiary/aromatic N) is 2. The van der Waals surface area contributed by atoms with Crippen molar-refractivity contribution in [1.29, 1.82) is 0 Å². The number of nitrogens with one attached hydrogen (secondary N) is 1. The Morgan fingerprint density at radius 3 is 2.16 bits per heavy atom. The van der Waals surface area contributed by atoms with Crippen LogP contribution in [0.1, 0.15) is 0 Å². The molecule has 2 aromatic carbocycles. The van der Waals surface area contributed by atoms with E-state index in [1.165, 1.54) is 4.31 Å². The van der Waals surface area contributed by atoms with Crippen molar-refractivity contribution < 1.29 is 8.42 Å². The second-order valence-corrected chi connectivity index (χ2v) is 8.40. The van der Waals surface area contributed by atoms with Crippen molar-refractivity contribution in [1.82, 2.24) is 9.21 Å². The maximum Gasteiger partial charge on any atom is 0.243 e. The second kappa shape index (κ2) is 7.70. The summed E-state index contributed by atoms with van der Waals surface area (Å²) < 4.78 is 26.8. The molecule has 0 bridgehead atoms. The first-order valence-corrected chi connectivity index (χ1v) is 10.1. The molecule has 0 spiro atoms. The summed E-state index contributed by atoms with van der Waals surface area (Å²) in [7, 11) is -3.45. The van der Waals surface area contributed by atoms with E-state index in [1.807, 2.05) is 17.0 Å². The lowest BCUT2D eigenvalue weighted by molar-refractivity contribution is 0.268. The number of anilines is 1. The zero-order valence-electron chi connectivity index (χ0n) is 13.4. The monoisotopic (exact) mass is 395 g/mol. The van der Waals surface area contributed by atoms with Crippen LogP contribution in [0.5, 0.6) is 0 Å². The lowest BCUT2D eigenvalue weighted by Crippen LogP contribution is -2.51. The van der Waals surface area contributed by atoms with E-state index in [4.69, 9.17) is 23.8 Å². The molecule has 0 unspecified atom stereocenters. The molecule has 0 radical (unpaired) electrons. The predicted molar refractivity (Wildman–Crippen MR) is 104 cm³/mol. The lowest BCUT2D eigenvalue weighted by atomic mass is 10.3. The Bertz CT molecular complexity index is 834. The van der Waals surface area contributed by atoms with Crippen molar-refractivity contribution in [3.63, 3.8) is 0 Å². The molecule has 3 rings (SSSR count). The molecule has 1 aliphatic heterocycles. The summed E-state index contributed by atoms with van der Waals surface area (Å²) in [5.74, 6) is 0. The normalized spacial score (nSPS) is 15.8. The summed E-state index contributed by atoms with van der Waals surface area (Å²) in [6, 6.07) is 15.8. The van der Waals surface area contributed by atoms with Gasteiger partial charge in [0.15, 0.2) is 5.11 Å². The first kappa shape index (κ1) is 18.1. The number of halogens is 1. The van der Waals surface area contributed by atoms with Crippen molar-refractivity contribution in [2.24, 2.45) is 0 Å². The van der Waals surface area contributed by atoms with Crippen LogP contribution in [0.3, 0.4) is 0 Å². The van der Waals surface area contributed by atoms with Crippen LogP contribution in [-0.4, -0.2) is 48.9 Å². The molecule has 1 N–H and O–H groups in total. The molecule has 132 valence electrons. The highest BCUT2D eigenvalue weighted by Gasteiger charge is 2.29. The average Bonchev–Trinajstić information content (AvgIpc) is 2.64. The second-order valence-electron chi connectivity index (χ2n) is 5.64. The summed E-state index contributed by atoms with van der Waals surface area (Å²) in [6.07, 6.45) is 0. The minimum atomic E-state index is -3.45. The molecular weight excluding hydrogens is 378 g/mol. The molecule has 0 amide bonds. The van der Waals surface area contributed by atoms with E-state index in [9.17, 15) is 8.42 Å². The number of piperazine rings is 1. The van der Waals surface area contributed by atoms with Crippen molar-refractivity contribution in [3.8, 4) is 0 Å². The van der Waals surface area contributed by atoms with Crippen LogP contribution in [0, 0.1) is 0 Å². The van der Waals surface area contributed by atoms with Crippen LogP contribution in [0.2, 0.25) is 5.02 Å². The van der Waals surface area contributed by atoms with Gasteiger partial charge in [-0.2, -0.15) is 4.31 Å². The molecule has 5 nitrogen and oxygen atoms in total. The van der Waals surface area contributed by atoms with E-state index >= 15 is 0 Å². The third kappa shape index (κ3) is 4.30. The smallest absolute Gasteiger partial charge is 0.243 e. The zero-order chi connectivity index (χ0) is 17.9. The molecule has 0 atom stereocenters. The van der Waals surface area contributed by atoms with E-state index in [2.05, 4.69) is 5.32 Å². The van der Waals surface area contributed by atoms with Gasteiger partial charge in [0.25, 0.3) is 0 Å². The van der Waals surface area contributed by atoms with Crippen LogP contribution in [-0.2, 0) is 10.0 Å². The molecule has 0 aliphatic carbocycles. The van der Waals surface area contributed by atoms with Crippen molar-refractivity contribution >= 4 is 44.6 Å². The molecule has 1 aliphatic rings. The molecule has 8 heteroatoms. The number of hydrogen-bond donors (Lipinski definition) is 1. The Labute approximate surface area is 158 Å². The summed E-state index contributed by atoms with van der Waals surface area (Å²) >= 11 is 11.3. The van der Waals surface area contributed by atoms with E-state index in [1.54, 1.807) is 42.5 Å². The van der Waals surface area contributed by atoms with Crippen LogP contribution in [0.15, 0.2) is 59.5 Å². The van der Waals surface area contributed by atoms with Gasteiger partial charge in [0.1, 0.15) is 0 Å². The van der Waals surface area contributed by atoms with E-state index in [-0.39, 0.29) is 0 Å². The van der Waals surface area contributed by atoms with Crippen molar-refractivity contribution in [2.75, 3.05) is 31.5 Å². The van der Waals surface area contributed by atoms with Gasteiger partial charge in [-0.15, -0.1) is 0 Å². The lowest BCUT2D eigenvalue weighted by Gasteiger charge is -2.35. The largest absolute Gasteiger partial charge is 0.346 e. The highest BCUT2D eigenvalue weighted by atomic mass is 35.5. The van der Waals surface area contributed by atoms with Crippen molar-refractivity contribution in [3.05, 3.63) is 59.6 Å². The fourth-order valence-corrected chi connectivity index (χ4v) is 4.48. The first-order valence-electron chi connectivity index (χ1n) is 7.83. The molecular formula is C17H18ClN3O2S2. The molecule has 1 saturated heterocycles. The number of sulfonamides is 1. The number of rotatable bonds is 3. The topological polar surface area (TPSA) is 52.7 Å². The average molecular weight is 396 g/mol. The molecule has 2 aromatic rings. The Hall–Kier alpha value is -1.67. The number of thiocarbonyl (C=S) groups is 1.